The van der Waals surface area contributed by atoms with Crippen LogP contribution in [0.15, 0.2) is 18.2 Å². The van der Waals surface area contributed by atoms with Crippen molar-refractivity contribution in [2.24, 2.45) is 0 Å². The van der Waals surface area contributed by atoms with Crippen LogP contribution in [0.4, 0.5) is 17.6 Å². The van der Waals surface area contributed by atoms with Gasteiger partial charge < -0.3 is 9.64 Å². The molecule has 0 fully saturated rings. The van der Waals surface area contributed by atoms with Gasteiger partial charge in [0.05, 0.1) is 0 Å². The van der Waals surface area contributed by atoms with E-state index in [1.54, 1.807) is 0 Å². The van der Waals surface area contributed by atoms with Crippen LogP contribution < -0.4 is 4.74 Å². The van der Waals surface area contributed by atoms with Gasteiger partial charge in [0.1, 0.15) is 0 Å². The van der Waals surface area contributed by atoms with E-state index < -0.39 is 17.9 Å². The number of halogens is 4. The smallest absolute Gasteiger partial charge is 0.403 e. The maximum absolute atomic E-state index is 13.3. The number of ether oxygens (including phenoxy) is 1. The lowest BCUT2D eigenvalue weighted by Gasteiger charge is -2.11. The number of nitrogens with zero attached hydrogens (tertiary/aromatic N) is 1. The average molecular weight is 265 g/mol. The van der Waals surface area contributed by atoms with Gasteiger partial charge in [-0.1, -0.05) is 6.07 Å². The molecule has 1 aromatic carbocycles. The van der Waals surface area contributed by atoms with Crippen molar-refractivity contribution < 1.29 is 22.3 Å². The molecule has 0 aliphatic carbocycles. The van der Waals surface area contributed by atoms with Crippen molar-refractivity contribution in [2.45, 2.75) is 19.2 Å². The van der Waals surface area contributed by atoms with E-state index in [-0.39, 0.29) is 0 Å². The van der Waals surface area contributed by atoms with E-state index in [1.165, 1.54) is 6.07 Å². The predicted molar refractivity (Wildman–Crippen MR) is 60.0 cm³/mol. The minimum atomic E-state index is -4.87. The van der Waals surface area contributed by atoms with Gasteiger partial charge in [-0.2, -0.15) is 0 Å². The number of alkyl halides is 3. The lowest BCUT2D eigenvalue weighted by molar-refractivity contribution is -0.275. The molecule has 1 aromatic rings. The molecule has 0 heterocycles. The van der Waals surface area contributed by atoms with Crippen LogP contribution in [0.3, 0.4) is 0 Å². The van der Waals surface area contributed by atoms with E-state index in [0.717, 1.165) is 25.1 Å². The Morgan fingerprint density at radius 3 is 2.39 bits per heavy atom. The zero-order valence-corrected chi connectivity index (χ0v) is 10.2. The molecule has 0 aromatic heterocycles. The fourth-order valence-corrected chi connectivity index (χ4v) is 1.51. The number of rotatable bonds is 5. The molecule has 0 saturated heterocycles. The van der Waals surface area contributed by atoms with Gasteiger partial charge in [-0.05, 0) is 51.2 Å². The molecule has 0 spiro atoms. The molecule has 0 aliphatic heterocycles. The van der Waals surface area contributed by atoms with Gasteiger partial charge in [0.2, 0.25) is 0 Å². The normalized spacial score (nSPS) is 11.9. The summed E-state index contributed by atoms with van der Waals surface area (Å²) in [4.78, 5) is 1.98. The average Bonchev–Trinajstić information content (AvgIpc) is 2.19. The quantitative estimate of drug-likeness (QED) is 0.758. The lowest BCUT2D eigenvalue weighted by atomic mass is 10.1. The molecule has 2 nitrogen and oxygen atoms in total. The van der Waals surface area contributed by atoms with Crippen molar-refractivity contribution in [2.75, 3.05) is 20.6 Å². The van der Waals surface area contributed by atoms with E-state index in [9.17, 15) is 17.6 Å². The second-order valence-electron chi connectivity index (χ2n) is 4.22. The Bertz CT molecular complexity index is 390. The monoisotopic (exact) mass is 265 g/mol. The summed E-state index contributed by atoms with van der Waals surface area (Å²) < 4.78 is 52.6. The molecule has 102 valence electrons. The zero-order chi connectivity index (χ0) is 13.8. The largest absolute Gasteiger partial charge is 0.573 e. The molecule has 0 aliphatic rings. The van der Waals surface area contributed by atoms with E-state index in [4.69, 9.17) is 0 Å². The van der Waals surface area contributed by atoms with Crippen molar-refractivity contribution in [1.29, 1.82) is 0 Å². The van der Waals surface area contributed by atoms with Crippen LogP contribution >= 0.6 is 0 Å². The molecule has 0 N–H and O–H groups in total. The van der Waals surface area contributed by atoms with E-state index >= 15 is 0 Å². The molecular formula is C12H15F4NO. The first-order valence-corrected chi connectivity index (χ1v) is 5.47. The third-order valence-electron chi connectivity index (χ3n) is 2.29. The van der Waals surface area contributed by atoms with Crippen LogP contribution in [0.25, 0.3) is 0 Å². The molecule has 6 heteroatoms. The third kappa shape index (κ3) is 5.35. The molecule has 0 amide bonds. The summed E-state index contributed by atoms with van der Waals surface area (Å²) in [6.45, 7) is 0.836. The topological polar surface area (TPSA) is 12.5 Å². The summed E-state index contributed by atoms with van der Waals surface area (Å²) >= 11 is 0. The lowest BCUT2D eigenvalue weighted by Crippen LogP contribution is -2.18. The van der Waals surface area contributed by atoms with Gasteiger partial charge >= 0.3 is 6.36 Å². The van der Waals surface area contributed by atoms with Crippen molar-refractivity contribution in [1.82, 2.24) is 4.90 Å². The minimum Gasteiger partial charge on any atom is -0.403 e. The second-order valence-corrected chi connectivity index (χ2v) is 4.22. The van der Waals surface area contributed by atoms with Gasteiger partial charge in [-0.3, -0.25) is 0 Å². The molecule has 0 bridgehead atoms. The summed E-state index contributed by atoms with van der Waals surface area (Å²) in [7, 11) is 3.84. The van der Waals surface area contributed by atoms with Crippen molar-refractivity contribution in [3.63, 3.8) is 0 Å². The SMILES string of the molecule is CN(C)CCCc1ccc(OC(F)(F)F)c(F)c1. The summed E-state index contributed by atoms with van der Waals surface area (Å²) in [5, 5.41) is 0. The molecule has 0 radical (unpaired) electrons. The summed E-state index contributed by atoms with van der Waals surface area (Å²) in [5.74, 6) is -1.78. The number of hydrogen-bond acceptors (Lipinski definition) is 2. The molecule has 0 atom stereocenters. The van der Waals surface area contributed by atoms with E-state index in [2.05, 4.69) is 4.74 Å². The number of benzene rings is 1. The highest BCUT2D eigenvalue weighted by molar-refractivity contribution is 5.29. The number of aryl methyl sites for hydroxylation is 1. The van der Waals surface area contributed by atoms with Crippen molar-refractivity contribution in [3.8, 4) is 5.75 Å². The summed E-state index contributed by atoms with van der Waals surface area (Å²) in [6.07, 6.45) is -3.44. The van der Waals surface area contributed by atoms with Crippen LogP contribution in [0, 0.1) is 5.82 Å². The Hall–Kier alpha value is -1.30. The first kappa shape index (κ1) is 14.8. The molecule has 1 rings (SSSR count). The molecular weight excluding hydrogens is 250 g/mol. The van der Waals surface area contributed by atoms with Gasteiger partial charge in [-0.25, -0.2) is 4.39 Å². The summed E-state index contributed by atoms with van der Waals surface area (Å²) in [5.41, 5.74) is 0.656. The van der Waals surface area contributed by atoms with Gasteiger partial charge in [-0.15, -0.1) is 13.2 Å². The van der Waals surface area contributed by atoms with Gasteiger partial charge in [0, 0.05) is 0 Å². The van der Waals surface area contributed by atoms with Crippen molar-refractivity contribution in [3.05, 3.63) is 29.6 Å². The van der Waals surface area contributed by atoms with Crippen LogP contribution in [0.1, 0.15) is 12.0 Å². The van der Waals surface area contributed by atoms with Crippen LogP contribution in [-0.4, -0.2) is 31.9 Å². The van der Waals surface area contributed by atoms with Crippen LogP contribution in [0.5, 0.6) is 5.75 Å². The third-order valence-corrected chi connectivity index (χ3v) is 2.29. The first-order chi connectivity index (χ1) is 8.28. The Morgan fingerprint density at radius 2 is 1.89 bits per heavy atom. The van der Waals surface area contributed by atoms with E-state index in [1.807, 2.05) is 19.0 Å². The fourth-order valence-electron chi connectivity index (χ4n) is 1.51. The van der Waals surface area contributed by atoms with Crippen molar-refractivity contribution >= 4 is 0 Å². The molecule has 0 saturated carbocycles. The maximum Gasteiger partial charge on any atom is 0.573 e. The zero-order valence-electron chi connectivity index (χ0n) is 10.2. The summed E-state index contributed by atoms with van der Waals surface area (Å²) in [6, 6.07) is 3.53. The fraction of sp³-hybridized carbons (Fsp3) is 0.500. The minimum absolute atomic E-state index is 0.612. The highest BCUT2D eigenvalue weighted by atomic mass is 19.4. The first-order valence-electron chi connectivity index (χ1n) is 5.47. The number of hydrogen-bond donors (Lipinski definition) is 0. The highest BCUT2D eigenvalue weighted by Gasteiger charge is 2.32. The highest BCUT2D eigenvalue weighted by Crippen LogP contribution is 2.26. The maximum atomic E-state index is 13.3. The van der Waals surface area contributed by atoms with E-state index in [0.29, 0.717) is 12.0 Å². The Kier molecular flexibility index (Phi) is 4.95. The molecule has 18 heavy (non-hydrogen) atoms. The Morgan fingerprint density at radius 1 is 1.22 bits per heavy atom. The standard InChI is InChI=1S/C12H15F4NO/c1-17(2)7-3-4-9-5-6-11(10(13)8-9)18-12(14,15)16/h5-6,8H,3-4,7H2,1-2H3. The molecule has 0 unspecified atom stereocenters. The second kappa shape index (κ2) is 6.04. The van der Waals surface area contributed by atoms with Crippen LogP contribution in [0.2, 0.25) is 0 Å². The Labute approximate surface area is 103 Å². The van der Waals surface area contributed by atoms with Crippen LogP contribution in [-0.2, 0) is 6.42 Å². The van der Waals surface area contributed by atoms with Gasteiger partial charge in [0.15, 0.2) is 11.6 Å². The predicted octanol–water partition coefficient (Wildman–Crippen LogP) is 3.22. The Balaban J connectivity index is 2.62. The van der Waals surface area contributed by atoms with Gasteiger partial charge in [0.25, 0.3) is 0 Å².